The maximum atomic E-state index is 13.6. The molecule has 2 aromatic carbocycles. The summed E-state index contributed by atoms with van der Waals surface area (Å²) in [7, 11) is -2.39. The van der Waals surface area contributed by atoms with Gasteiger partial charge in [-0.1, -0.05) is 44.2 Å². The van der Waals surface area contributed by atoms with Crippen molar-refractivity contribution in [2.45, 2.75) is 56.4 Å². The maximum absolute atomic E-state index is 13.6. The van der Waals surface area contributed by atoms with Crippen molar-refractivity contribution in [3.8, 4) is 5.75 Å². The average molecular weight is 561 g/mol. The number of carbonyl (C=O) groups excluding carboxylic acids is 1. The Balaban J connectivity index is 1.51. The molecule has 2 N–H and O–H groups in total. The molecule has 2 aliphatic rings. The molecule has 2 fully saturated rings. The molecule has 2 aromatic rings. The molecule has 0 unspecified atom stereocenters. The molecule has 0 aliphatic carbocycles. The van der Waals surface area contributed by atoms with Crippen LogP contribution in [0.2, 0.25) is 0 Å². The fraction of sp³-hybridized carbons (Fsp3) is 0.552. The van der Waals surface area contributed by atoms with Crippen molar-refractivity contribution in [2.75, 3.05) is 33.4 Å². The summed E-state index contributed by atoms with van der Waals surface area (Å²) in [4.78, 5) is 13.3. The van der Waals surface area contributed by atoms with Crippen LogP contribution in [0.1, 0.15) is 32.3 Å². The van der Waals surface area contributed by atoms with Gasteiger partial charge in [-0.2, -0.15) is 4.31 Å². The van der Waals surface area contributed by atoms with Crippen molar-refractivity contribution in [3.63, 3.8) is 0 Å². The first-order chi connectivity index (χ1) is 18.7. The number of aliphatic hydroxyl groups is 1. The highest BCUT2D eigenvalue weighted by Crippen LogP contribution is 2.37. The number of carbonyl (C=O) groups is 1. The highest BCUT2D eigenvalue weighted by Gasteiger charge is 2.42. The predicted octanol–water partition coefficient (Wildman–Crippen LogP) is 2.83. The third-order valence-corrected chi connectivity index (χ3v) is 9.22. The van der Waals surface area contributed by atoms with E-state index in [1.807, 2.05) is 44.2 Å². The normalized spacial score (nSPS) is 22.6. The van der Waals surface area contributed by atoms with Gasteiger partial charge >= 0.3 is 0 Å². The second-order valence-corrected chi connectivity index (χ2v) is 12.7. The lowest BCUT2D eigenvalue weighted by atomic mass is 9.90. The molecule has 0 spiro atoms. The molecule has 2 aliphatic heterocycles. The van der Waals surface area contributed by atoms with E-state index in [2.05, 4.69) is 5.32 Å². The molecule has 5 atom stereocenters. The summed E-state index contributed by atoms with van der Waals surface area (Å²) in [6.45, 7) is 5.02. The summed E-state index contributed by atoms with van der Waals surface area (Å²) in [6, 6.07) is 15.1. The molecule has 9 nitrogen and oxygen atoms in total. The molecule has 4 rings (SSSR count). The van der Waals surface area contributed by atoms with Crippen LogP contribution in [0.25, 0.3) is 0 Å². The summed E-state index contributed by atoms with van der Waals surface area (Å²) in [6.07, 6.45) is 0.126. The molecule has 0 bridgehead atoms. The van der Waals surface area contributed by atoms with Gasteiger partial charge in [0.1, 0.15) is 5.75 Å². The molecule has 1 amide bonds. The van der Waals surface area contributed by atoms with E-state index < -0.39 is 22.2 Å². The van der Waals surface area contributed by atoms with Gasteiger partial charge in [0.05, 0.1) is 37.4 Å². The Hall–Kier alpha value is -2.50. The number of aliphatic hydroxyl groups excluding tert-OH is 1. The molecule has 10 heteroatoms. The van der Waals surface area contributed by atoms with Crippen LogP contribution in [0, 0.1) is 17.8 Å². The number of nitrogens with one attached hydrogen (secondary N) is 1. The van der Waals surface area contributed by atoms with E-state index in [9.17, 15) is 18.3 Å². The van der Waals surface area contributed by atoms with E-state index in [0.29, 0.717) is 25.4 Å². The van der Waals surface area contributed by atoms with Gasteiger partial charge in [-0.3, -0.25) is 4.79 Å². The Kier molecular flexibility index (Phi) is 10.0. The second-order valence-electron chi connectivity index (χ2n) is 10.8. The summed E-state index contributed by atoms with van der Waals surface area (Å²) < 4.78 is 44.9. The van der Waals surface area contributed by atoms with Crippen LogP contribution < -0.4 is 10.1 Å². The Morgan fingerprint density at radius 1 is 1.10 bits per heavy atom. The Morgan fingerprint density at radius 3 is 2.49 bits per heavy atom. The van der Waals surface area contributed by atoms with Gasteiger partial charge in [-0.05, 0) is 54.5 Å². The van der Waals surface area contributed by atoms with Crippen LogP contribution in [0.3, 0.4) is 0 Å². The van der Waals surface area contributed by atoms with Gasteiger partial charge in [0.15, 0.2) is 6.29 Å². The first-order valence-electron chi connectivity index (χ1n) is 13.6. The number of fused-ring (bicyclic) bond motifs is 1. The van der Waals surface area contributed by atoms with Gasteiger partial charge in [0.25, 0.3) is 0 Å². The minimum atomic E-state index is -3.90. The third-order valence-electron chi connectivity index (χ3n) is 7.38. The van der Waals surface area contributed by atoms with E-state index >= 15 is 0 Å². The van der Waals surface area contributed by atoms with Crippen molar-refractivity contribution in [1.29, 1.82) is 0 Å². The molecule has 0 aromatic heterocycles. The van der Waals surface area contributed by atoms with E-state index in [0.717, 1.165) is 12.0 Å². The molecule has 0 radical (unpaired) electrons. The van der Waals surface area contributed by atoms with Gasteiger partial charge in [-0.15, -0.1) is 0 Å². The maximum Gasteiger partial charge on any atom is 0.243 e. The largest absolute Gasteiger partial charge is 0.497 e. The minimum absolute atomic E-state index is 0.0244. The number of benzene rings is 2. The summed E-state index contributed by atoms with van der Waals surface area (Å²) >= 11 is 0. The van der Waals surface area contributed by atoms with Crippen molar-refractivity contribution in [1.82, 2.24) is 9.62 Å². The number of rotatable bonds is 13. The first kappa shape index (κ1) is 29.5. The van der Waals surface area contributed by atoms with Gasteiger partial charge < -0.3 is 24.6 Å². The van der Waals surface area contributed by atoms with Crippen LogP contribution in [-0.2, 0) is 30.7 Å². The van der Waals surface area contributed by atoms with Gasteiger partial charge in [0, 0.05) is 25.4 Å². The molecule has 214 valence electrons. The first-order valence-corrected chi connectivity index (χ1v) is 15.0. The zero-order valence-electron chi connectivity index (χ0n) is 22.9. The number of hydrogen-bond acceptors (Lipinski definition) is 7. The van der Waals surface area contributed by atoms with Gasteiger partial charge in [0.2, 0.25) is 15.9 Å². The molecule has 2 heterocycles. The molecular weight excluding hydrogens is 520 g/mol. The Labute approximate surface area is 231 Å². The third kappa shape index (κ3) is 7.58. The summed E-state index contributed by atoms with van der Waals surface area (Å²) in [5.74, 6) is 0.642. The molecule has 39 heavy (non-hydrogen) atoms. The number of amides is 1. The van der Waals surface area contributed by atoms with Crippen LogP contribution in [0.4, 0.5) is 0 Å². The van der Waals surface area contributed by atoms with Crippen molar-refractivity contribution in [3.05, 3.63) is 60.2 Å². The lowest BCUT2D eigenvalue weighted by Gasteiger charge is -2.31. The number of ether oxygens (including phenoxy) is 3. The Bertz CT molecular complexity index is 1170. The van der Waals surface area contributed by atoms with Crippen LogP contribution in [0.5, 0.6) is 5.75 Å². The van der Waals surface area contributed by atoms with E-state index in [1.54, 1.807) is 12.1 Å². The lowest BCUT2D eigenvalue weighted by Crippen LogP contribution is -2.51. The summed E-state index contributed by atoms with van der Waals surface area (Å²) in [5.41, 5.74) is 0.934. The standard InChI is InChI=1S/C29H40N2O7S/c1-20(2)17-31(39(34,35)24-11-9-23(36-3)10-12-24)18-27(32)26(15-21-7-5-4-6-8-21)30-28(33)16-22-19-38-29-25(22)13-14-37-29/h4-12,20,22,25-27,29,32H,13-19H2,1-3H3,(H,30,33)/t22-,25-,26+,27+,29+/m1/s1. The van der Waals surface area contributed by atoms with Crippen molar-refractivity contribution in [2.24, 2.45) is 17.8 Å². The zero-order valence-corrected chi connectivity index (χ0v) is 23.7. The molecule has 0 saturated carbocycles. The highest BCUT2D eigenvalue weighted by molar-refractivity contribution is 7.89. The van der Waals surface area contributed by atoms with Crippen molar-refractivity contribution >= 4 is 15.9 Å². The van der Waals surface area contributed by atoms with Gasteiger partial charge in [-0.25, -0.2) is 8.42 Å². The summed E-state index contributed by atoms with van der Waals surface area (Å²) in [5, 5.41) is 14.4. The smallest absolute Gasteiger partial charge is 0.243 e. The molecule has 2 saturated heterocycles. The topological polar surface area (TPSA) is 114 Å². The van der Waals surface area contributed by atoms with Crippen LogP contribution in [0.15, 0.2) is 59.5 Å². The number of nitrogens with zero attached hydrogens (tertiary/aromatic N) is 1. The quantitative estimate of drug-likeness (QED) is 0.387. The lowest BCUT2D eigenvalue weighted by molar-refractivity contribution is -0.124. The second kappa shape index (κ2) is 13.2. The average Bonchev–Trinajstić information content (AvgIpc) is 3.53. The Morgan fingerprint density at radius 2 is 1.82 bits per heavy atom. The minimum Gasteiger partial charge on any atom is -0.497 e. The SMILES string of the molecule is COc1ccc(S(=O)(=O)N(CC(C)C)C[C@H](O)[C@H](Cc2ccccc2)NC(=O)C[C@@H]2CO[C@@H]3OCC[C@H]23)cc1. The van der Waals surface area contributed by atoms with E-state index in [4.69, 9.17) is 14.2 Å². The highest BCUT2D eigenvalue weighted by atomic mass is 32.2. The number of sulfonamides is 1. The monoisotopic (exact) mass is 560 g/mol. The van der Waals surface area contributed by atoms with Crippen LogP contribution in [-0.4, -0.2) is 75.6 Å². The molecular formula is C29H40N2O7S. The fourth-order valence-corrected chi connectivity index (χ4v) is 6.95. The fourth-order valence-electron chi connectivity index (χ4n) is 5.33. The number of methoxy groups -OCH3 is 1. The zero-order chi connectivity index (χ0) is 28.0. The predicted molar refractivity (Wildman–Crippen MR) is 147 cm³/mol. The van der Waals surface area contributed by atoms with E-state index in [1.165, 1.54) is 23.5 Å². The van der Waals surface area contributed by atoms with Crippen molar-refractivity contribution < 1.29 is 32.5 Å². The van der Waals surface area contributed by atoms with Crippen LogP contribution >= 0.6 is 0 Å². The number of hydrogen-bond donors (Lipinski definition) is 2. The van der Waals surface area contributed by atoms with E-state index in [-0.39, 0.29) is 54.4 Å².